The fourth-order valence-electron chi connectivity index (χ4n) is 2.55. The molecule has 6 heteroatoms. The van der Waals surface area contributed by atoms with Crippen molar-refractivity contribution in [2.75, 3.05) is 19.7 Å². The van der Waals surface area contributed by atoms with Gasteiger partial charge < -0.3 is 14.1 Å². The van der Waals surface area contributed by atoms with E-state index in [1.165, 1.54) is 6.07 Å². The second kappa shape index (κ2) is 9.71. The van der Waals surface area contributed by atoms with Crippen LogP contribution in [-0.4, -0.2) is 36.5 Å². The fraction of sp³-hybridized carbons (Fsp3) is 0.333. The number of esters is 1. The van der Waals surface area contributed by atoms with Gasteiger partial charge >= 0.3 is 5.97 Å². The number of benzene rings is 1. The topological polar surface area (TPSA) is 59.8 Å². The van der Waals surface area contributed by atoms with Crippen molar-refractivity contribution in [1.29, 1.82) is 0 Å². The molecule has 2 aromatic rings. The van der Waals surface area contributed by atoms with Gasteiger partial charge in [0.2, 0.25) is 0 Å². The molecule has 0 fully saturated rings. The Labute approximate surface area is 158 Å². The highest BCUT2D eigenvalue weighted by molar-refractivity contribution is 5.80. The summed E-state index contributed by atoms with van der Waals surface area (Å²) in [6, 6.07) is 9.69. The Morgan fingerprint density at radius 2 is 1.96 bits per heavy atom. The Hall–Kier alpha value is -2.89. The average Bonchev–Trinajstić information content (AvgIpc) is 3.11. The minimum Gasteiger partial charge on any atom is -0.461 e. The number of aryl methyl sites for hydroxylation is 1. The van der Waals surface area contributed by atoms with Gasteiger partial charge in [-0.1, -0.05) is 24.3 Å². The van der Waals surface area contributed by atoms with Gasteiger partial charge in [0.1, 0.15) is 17.3 Å². The number of hydrogen-bond donors (Lipinski definition) is 0. The smallest absolute Gasteiger partial charge is 0.306 e. The molecule has 1 heterocycles. The van der Waals surface area contributed by atoms with E-state index in [9.17, 15) is 14.0 Å². The van der Waals surface area contributed by atoms with Crippen LogP contribution in [0.5, 0.6) is 0 Å². The molecule has 0 saturated carbocycles. The lowest BCUT2D eigenvalue weighted by atomic mass is 10.1. The lowest BCUT2D eigenvalue weighted by molar-refractivity contribution is -0.151. The summed E-state index contributed by atoms with van der Waals surface area (Å²) in [6.07, 6.45) is 0.384. The van der Waals surface area contributed by atoms with Gasteiger partial charge in [0.15, 0.2) is 6.61 Å². The molecule has 0 atom stereocenters. The van der Waals surface area contributed by atoms with Crippen LogP contribution in [0.4, 0.5) is 4.39 Å². The van der Waals surface area contributed by atoms with Crippen molar-refractivity contribution in [3.05, 3.63) is 60.1 Å². The summed E-state index contributed by atoms with van der Waals surface area (Å²) < 4.78 is 24.4. The molecular formula is C21H24FNO4. The van der Waals surface area contributed by atoms with Gasteiger partial charge in [-0.15, -0.1) is 0 Å². The highest BCUT2D eigenvalue weighted by Crippen LogP contribution is 2.25. The molecule has 0 radical (unpaired) electrons. The van der Waals surface area contributed by atoms with Crippen LogP contribution < -0.4 is 0 Å². The summed E-state index contributed by atoms with van der Waals surface area (Å²) in [5, 5.41) is 0. The van der Waals surface area contributed by atoms with Gasteiger partial charge in [0, 0.05) is 19.5 Å². The van der Waals surface area contributed by atoms with Crippen molar-refractivity contribution in [2.24, 2.45) is 0 Å². The van der Waals surface area contributed by atoms with Gasteiger partial charge in [0.25, 0.3) is 5.91 Å². The molecule has 0 bridgehead atoms. The fourth-order valence-corrected chi connectivity index (χ4v) is 2.55. The molecule has 0 spiro atoms. The minimum absolute atomic E-state index is 0.0735. The van der Waals surface area contributed by atoms with Crippen molar-refractivity contribution in [1.82, 2.24) is 4.90 Å². The third-order valence-electron chi connectivity index (χ3n) is 3.93. The summed E-state index contributed by atoms with van der Waals surface area (Å²) in [5.41, 5.74) is 1.23. The Kier molecular flexibility index (Phi) is 7.34. The molecule has 144 valence electrons. The highest BCUT2D eigenvalue weighted by atomic mass is 19.1. The van der Waals surface area contributed by atoms with Crippen molar-refractivity contribution >= 4 is 11.9 Å². The monoisotopic (exact) mass is 373 g/mol. The van der Waals surface area contributed by atoms with Crippen molar-refractivity contribution < 1.29 is 23.1 Å². The van der Waals surface area contributed by atoms with Crippen LogP contribution >= 0.6 is 0 Å². The summed E-state index contributed by atoms with van der Waals surface area (Å²) in [7, 11) is 0. The molecule has 1 amide bonds. The van der Waals surface area contributed by atoms with E-state index < -0.39 is 5.97 Å². The van der Waals surface area contributed by atoms with Gasteiger partial charge in [-0.25, -0.2) is 4.39 Å². The predicted molar refractivity (Wildman–Crippen MR) is 100 cm³/mol. The molecule has 0 saturated heterocycles. The van der Waals surface area contributed by atoms with Crippen LogP contribution in [0.25, 0.3) is 11.3 Å². The Morgan fingerprint density at radius 3 is 2.63 bits per heavy atom. The number of likely N-dealkylation sites (N-methyl/N-ethyl adjacent to an activating group) is 1. The van der Waals surface area contributed by atoms with Crippen LogP contribution in [-0.2, 0) is 20.7 Å². The molecule has 1 aromatic heterocycles. The predicted octanol–water partition coefficient (Wildman–Crippen LogP) is 3.99. The Balaban J connectivity index is 1.82. The molecule has 5 nitrogen and oxygen atoms in total. The standard InChI is InChI=1S/C21H24FNO4/c1-4-23(13-15(2)3)20(24)14-26-21(25)12-10-16-9-11-19(27-16)17-7-5-6-8-18(17)22/h5-9,11H,2,4,10,12-14H2,1,3H3. The van der Waals surface area contributed by atoms with Gasteiger partial charge in [0.05, 0.1) is 12.0 Å². The van der Waals surface area contributed by atoms with E-state index in [2.05, 4.69) is 6.58 Å². The molecule has 1 aromatic carbocycles. The molecule has 0 aliphatic heterocycles. The molecule has 27 heavy (non-hydrogen) atoms. The molecule has 0 aliphatic rings. The number of hydrogen-bond acceptors (Lipinski definition) is 4. The minimum atomic E-state index is -0.487. The largest absolute Gasteiger partial charge is 0.461 e. The maximum absolute atomic E-state index is 13.8. The number of halogens is 1. The van der Waals surface area contributed by atoms with E-state index in [0.29, 0.717) is 36.6 Å². The first-order chi connectivity index (χ1) is 12.9. The Morgan fingerprint density at radius 1 is 1.22 bits per heavy atom. The van der Waals surface area contributed by atoms with Crippen LogP contribution in [0.15, 0.2) is 53.0 Å². The SMILES string of the molecule is C=C(C)CN(CC)C(=O)COC(=O)CCc1ccc(-c2ccccc2F)o1. The summed E-state index contributed by atoms with van der Waals surface area (Å²) in [5.74, 6) is -0.155. The van der Waals surface area contributed by atoms with Crippen molar-refractivity contribution in [3.8, 4) is 11.3 Å². The van der Waals surface area contributed by atoms with Crippen LogP contribution in [0.3, 0.4) is 0 Å². The van der Waals surface area contributed by atoms with Gasteiger partial charge in [-0.2, -0.15) is 0 Å². The molecular weight excluding hydrogens is 349 g/mol. The van der Waals surface area contributed by atoms with E-state index in [1.807, 2.05) is 13.8 Å². The molecule has 0 aliphatic carbocycles. The zero-order valence-electron chi connectivity index (χ0n) is 15.7. The first kappa shape index (κ1) is 20.4. The van der Waals surface area contributed by atoms with E-state index >= 15 is 0 Å². The number of carbonyl (C=O) groups is 2. The average molecular weight is 373 g/mol. The normalized spacial score (nSPS) is 10.5. The second-order valence-electron chi connectivity index (χ2n) is 6.27. The number of ether oxygens (including phenoxy) is 1. The first-order valence-electron chi connectivity index (χ1n) is 8.82. The van der Waals surface area contributed by atoms with Crippen LogP contribution in [0, 0.1) is 5.82 Å². The summed E-state index contributed by atoms with van der Waals surface area (Å²) in [4.78, 5) is 25.5. The maximum atomic E-state index is 13.8. The number of carbonyl (C=O) groups excluding carboxylic acids is 2. The lowest BCUT2D eigenvalue weighted by Crippen LogP contribution is -2.35. The number of furan rings is 1. The number of rotatable bonds is 9. The maximum Gasteiger partial charge on any atom is 0.306 e. The van der Waals surface area contributed by atoms with E-state index in [4.69, 9.17) is 9.15 Å². The molecule has 0 unspecified atom stereocenters. The van der Waals surface area contributed by atoms with Crippen molar-refractivity contribution in [2.45, 2.75) is 26.7 Å². The zero-order valence-corrected chi connectivity index (χ0v) is 15.7. The Bertz CT molecular complexity index is 812. The van der Waals surface area contributed by atoms with E-state index in [0.717, 1.165) is 5.57 Å². The van der Waals surface area contributed by atoms with Crippen LogP contribution in [0.2, 0.25) is 0 Å². The third kappa shape index (κ3) is 6.09. The van der Waals surface area contributed by atoms with Crippen molar-refractivity contribution in [3.63, 3.8) is 0 Å². The third-order valence-corrected chi connectivity index (χ3v) is 3.93. The summed E-state index contributed by atoms with van der Waals surface area (Å²) in [6.45, 7) is 8.14. The number of nitrogens with zero attached hydrogens (tertiary/aromatic N) is 1. The van der Waals surface area contributed by atoms with E-state index in [1.54, 1.807) is 35.2 Å². The first-order valence-corrected chi connectivity index (χ1v) is 8.82. The summed E-state index contributed by atoms with van der Waals surface area (Å²) >= 11 is 0. The van der Waals surface area contributed by atoms with E-state index in [-0.39, 0.29) is 24.8 Å². The number of amides is 1. The zero-order chi connectivity index (χ0) is 19.8. The van der Waals surface area contributed by atoms with Gasteiger partial charge in [-0.05, 0) is 38.1 Å². The lowest BCUT2D eigenvalue weighted by Gasteiger charge is -2.20. The molecule has 0 N–H and O–H groups in total. The van der Waals surface area contributed by atoms with Gasteiger partial charge in [-0.3, -0.25) is 9.59 Å². The second-order valence-corrected chi connectivity index (χ2v) is 6.27. The quantitative estimate of drug-likeness (QED) is 0.493. The molecule has 2 rings (SSSR count). The van der Waals surface area contributed by atoms with Crippen LogP contribution in [0.1, 0.15) is 26.0 Å². The highest BCUT2D eigenvalue weighted by Gasteiger charge is 2.15.